The molecule has 4 heterocycles. The Morgan fingerprint density at radius 1 is 1.15 bits per heavy atom. The van der Waals surface area contributed by atoms with E-state index in [1.54, 1.807) is 21.8 Å². The van der Waals surface area contributed by atoms with Crippen molar-refractivity contribution in [2.45, 2.75) is 58.8 Å². The molecule has 2 N–H and O–H groups in total. The number of carbonyl (C=O) groups excluding carboxylic acids is 3. The number of fused-ring (bicyclic) bond motifs is 2. The topological polar surface area (TPSA) is 143 Å². The van der Waals surface area contributed by atoms with Gasteiger partial charge in [-0.3, -0.25) is 29.0 Å². The Morgan fingerprint density at radius 2 is 1.95 bits per heavy atom. The Morgan fingerprint density at radius 3 is 2.63 bits per heavy atom. The van der Waals surface area contributed by atoms with Crippen molar-refractivity contribution in [3.05, 3.63) is 64.4 Å². The molecule has 3 aromatic heterocycles. The van der Waals surface area contributed by atoms with Crippen LogP contribution in [0, 0.1) is 12.3 Å². The number of nitrogens with one attached hydrogen (secondary N) is 1. The standard InChI is InChI=1S/C29H28BrN7O4/c1-15-6-18(17-4-5-19(14-38)32-10-17)7-20-26(16(2)39)35-36(27(15)20)13-25(40)37-21(8-29(3)9-22(29)37)28(41)34-24-12-31-11-23(30)33-24/h4-7,10-12,21-22,38H,8-9,13-14H2,1-3H3,(H,33,34,41)/t21-,22+,29-/m0/s1. The van der Waals surface area contributed by atoms with Crippen LogP contribution in [0.3, 0.4) is 0 Å². The van der Waals surface area contributed by atoms with Gasteiger partial charge in [0.2, 0.25) is 11.8 Å². The van der Waals surface area contributed by atoms with Crippen LogP contribution in [0.4, 0.5) is 5.82 Å². The fourth-order valence-corrected chi connectivity index (χ4v) is 6.25. The number of aliphatic hydroxyl groups excluding tert-OH is 1. The third-order valence-electron chi connectivity index (χ3n) is 8.06. The minimum Gasteiger partial charge on any atom is -0.390 e. The van der Waals surface area contributed by atoms with E-state index in [2.05, 4.69) is 48.2 Å². The second-order valence-electron chi connectivity index (χ2n) is 11.1. The van der Waals surface area contributed by atoms with Crippen molar-refractivity contribution in [1.29, 1.82) is 0 Å². The summed E-state index contributed by atoms with van der Waals surface area (Å²) < 4.78 is 2.07. The number of rotatable bonds is 7. The van der Waals surface area contributed by atoms with Gasteiger partial charge in [-0.2, -0.15) is 5.10 Å². The number of aromatic nitrogens is 5. The zero-order chi connectivity index (χ0) is 29.1. The van der Waals surface area contributed by atoms with E-state index in [9.17, 15) is 19.5 Å². The van der Waals surface area contributed by atoms with E-state index >= 15 is 0 Å². The summed E-state index contributed by atoms with van der Waals surface area (Å²) in [6.07, 6.45) is 6.05. The van der Waals surface area contributed by atoms with Crippen LogP contribution in [0.25, 0.3) is 22.0 Å². The Labute approximate surface area is 244 Å². The van der Waals surface area contributed by atoms with Gasteiger partial charge in [0.1, 0.15) is 22.9 Å². The van der Waals surface area contributed by atoms with Crippen LogP contribution in [0.15, 0.2) is 47.5 Å². The lowest BCUT2D eigenvalue weighted by atomic mass is 10.00. The molecule has 0 spiro atoms. The van der Waals surface area contributed by atoms with Crippen molar-refractivity contribution < 1.29 is 19.5 Å². The number of amides is 2. The van der Waals surface area contributed by atoms with Crippen LogP contribution in [-0.2, 0) is 22.7 Å². The highest BCUT2D eigenvalue weighted by Crippen LogP contribution is 2.59. The van der Waals surface area contributed by atoms with Crippen LogP contribution >= 0.6 is 15.9 Å². The maximum absolute atomic E-state index is 13.8. The zero-order valence-electron chi connectivity index (χ0n) is 22.8. The van der Waals surface area contributed by atoms with Gasteiger partial charge >= 0.3 is 0 Å². The fourth-order valence-electron chi connectivity index (χ4n) is 5.94. The molecule has 1 aliphatic heterocycles. The van der Waals surface area contributed by atoms with E-state index in [1.165, 1.54) is 19.3 Å². The van der Waals surface area contributed by atoms with Crippen molar-refractivity contribution in [2.24, 2.45) is 5.41 Å². The minimum absolute atomic E-state index is 0.0319. The molecule has 3 atom stereocenters. The van der Waals surface area contributed by atoms with Gasteiger partial charge in [0.15, 0.2) is 11.6 Å². The second kappa shape index (κ2) is 10.1. The molecule has 41 heavy (non-hydrogen) atoms. The quantitative estimate of drug-likeness (QED) is 0.299. The zero-order valence-corrected chi connectivity index (χ0v) is 24.3. The summed E-state index contributed by atoms with van der Waals surface area (Å²) in [6.45, 7) is 5.20. The van der Waals surface area contributed by atoms with Gasteiger partial charge in [0.25, 0.3) is 0 Å². The third kappa shape index (κ3) is 4.91. The highest BCUT2D eigenvalue weighted by atomic mass is 79.9. The molecule has 12 heteroatoms. The summed E-state index contributed by atoms with van der Waals surface area (Å²) in [5.41, 5.74) is 3.94. The smallest absolute Gasteiger partial charge is 0.248 e. The van der Waals surface area contributed by atoms with E-state index in [1.807, 2.05) is 25.1 Å². The molecule has 2 aliphatic rings. The number of nitrogens with zero attached hydrogens (tertiary/aromatic N) is 6. The summed E-state index contributed by atoms with van der Waals surface area (Å²) in [5, 5.41) is 17.3. The number of Topliss-reactive ketones (excluding diaryl/α,β-unsaturated/α-hetero) is 1. The summed E-state index contributed by atoms with van der Waals surface area (Å²) >= 11 is 3.26. The lowest BCUT2D eigenvalue weighted by Gasteiger charge is -2.27. The van der Waals surface area contributed by atoms with E-state index in [4.69, 9.17) is 0 Å². The predicted octanol–water partition coefficient (Wildman–Crippen LogP) is 3.67. The number of halogens is 1. The number of aryl methyl sites for hydroxylation is 1. The van der Waals surface area contributed by atoms with Gasteiger partial charge in [-0.05, 0) is 70.4 Å². The first-order valence-corrected chi connectivity index (χ1v) is 14.0. The number of pyridine rings is 1. The average molecular weight is 618 g/mol. The lowest BCUT2D eigenvalue weighted by Crippen LogP contribution is -2.46. The molecule has 2 amide bonds. The molecule has 1 saturated heterocycles. The molecular formula is C29H28BrN7O4. The van der Waals surface area contributed by atoms with Gasteiger partial charge in [0.05, 0.1) is 30.2 Å². The van der Waals surface area contributed by atoms with Crippen molar-refractivity contribution in [3.8, 4) is 11.1 Å². The number of anilines is 1. The number of likely N-dealkylation sites (tertiary alicyclic amines) is 1. The molecule has 1 saturated carbocycles. The number of hydrogen-bond acceptors (Lipinski definition) is 8. The second-order valence-corrected chi connectivity index (χ2v) is 11.9. The Bertz CT molecular complexity index is 1720. The molecule has 4 aromatic rings. The van der Waals surface area contributed by atoms with E-state index in [0.717, 1.165) is 23.1 Å². The number of ketones is 1. The van der Waals surface area contributed by atoms with Crippen molar-refractivity contribution in [3.63, 3.8) is 0 Å². The molecule has 6 rings (SSSR count). The highest BCUT2D eigenvalue weighted by Gasteiger charge is 2.64. The average Bonchev–Trinajstić information content (AvgIpc) is 3.29. The van der Waals surface area contributed by atoms with E-state index in [0.29, 0.717) is 33.4 Å². The van der Waals surface area contributed by atoms with Crippen LogP contribution in [0.2, 0.25) is 0 Å². The molecule has 11 nitrogen and oxygen atoms in total. The Hall–Kier alpha value is -4.03. The fraction of sp³-hybridized carbons (Fsp3) is 0.345. The predicted molar refractivity (Wildman–Crippen MR) is 154 cm³/mol. The first-order chi connectivity index (χ1) is 19.6. The van der Waals surface area contributed by atoms with Crippen LogP contribution in [0.5, 0.6) is 0 Å². The van der Waals surface area contributed by atoms with Gasteiger partial charge < -0.3 is 15.3 Å². The number of aliphatic hydroxyl groups is 1. The largest absolute Gasteiger partial charge is 0.390 e. The third-order valence-corrected chi connectivity index (χ3v) is 8.44. The monoisotopic (exact) mass is 617 g/mol. The number of hydrogen-bond donors (Lipinski definition) is 2. The minimum atomic E-state index is -0.650. The van der Waals surface area contributed by atoms with Crippen molar-refractivity contribution in [2.75, 3.05) is 5.32 Å². The van der Waals surface area contributed by atoms with Gasteiger partial charge in [-0.25, -0.2) is 4.98 Å². The van der Waals surface area contributed by atoms with Crippen molar-refractivity contribution >= 4 is 50.2 Å². The Balaban J connectivity index is 1.31. The molecule has 0 radical (unpaired) electrons. The number of piperidine rings is 1. The van der Waals surface area contributed by atoms with E-state index < -0.39 is 6.04 Å². The summed E-state index contributed by atoms with van der Waals surface area (Å²) in [6, 6.07) is 6.78. The van der Waals surface area contributed by atoms with Crippen LogP contribution < -0.4 is 5.32 Å². The number of carbonyl (C=O) groups is 3. The van der Waals surface area contributed by atoms with E-state index in [-0.39, 0.29) is 47.9 Å². The van der Waals surface area contributed by atoms with Gasteiger partial charge in [-0.1, -0.05) is 13.0 Å². The van der Waals surface area contributed by atoms with Gasteiger partial charge in [-0.15, -0.1) is 0 Å². The SMILES string of the molecule is CC(=O)c1nn(CC(=O)N2[C@H](C(=O)Nc3cncc(Br)n3)C[C@@]3(C)C[C@@H]23)c2c(C)cc(-c3ccc(CO)nc3)cc12. The normalized spacial score (nSPS) is 21.1. The summed E-state index contributed by atoms with van der Waals surface area (Å²) in [5.74, 6) is -0.451. The van der Waals surface area contributed by atoms with Crippen LogP contribution in [-0.4, -0.2) is 64.4 Å². The first kappa shape index (κ1) is 27.2. The maximum Gasteiger partial charge on any atom is 0.248 e. The molecular weight excluding hydrogens is 590 g/mol. The molecule has 1 aromatic carbocycles. The molecule has 0 unspecified atom stereocenters. The molecule has 2 fully saturated rings. The van der Waals surface area contributed by atoms with Crippen molar-refractivity contribution in [1.82, 2.24) is 29.6 Å². The maximum atomic E-state index is 13.8. The summed E-state index contributed by atoms with van der Waals surface area (Å²) in [7, 11) is 0. The molecule has 0 bridgehead atoms. The van der Waals surface area contributed by atoms with Gasteiger partial charge in [0, 0.05) is 30.1 Å². The number of benzene rings is 1. The summed E-state index contributed by atoms with van der Waals surface area (Å²) in [4.78, 5) is 54.0. The molecule has 210 valence electrons. The lowest BCUT2D eigenvalue weighted by molar-refractivity contribution is -0.138. The molecule has 1 aliphatic carbocycles. The van der Waals surface area contributed by atoms with Crippen LogP contribution in [0.1, 0.15) is 48.4 Å². The Kier molecular flexibility index (Phi) is 6.69. The highest BCUT2D eigenvalue weighted by molar-refractivity contribution is 9.10. The first-order valence-electron chi connectivity index (χ1n) is 13.3.